The van der Waals surface area contributed by atoms with Crippen LogP contribution in [-0.4, -0.2) is 0 Å². The van der Waals surface area contributed by atoms with E-state index in [-0.39, 0.29) is 10.0 Å². The number of benzene rings is 2. The normalized spacial score (nSPS) is 12.5. The molecule has 0 aromatic heterocycles. The number of hydrogen-bond donors (Lipinski definition) is 1. The Morgan fingerprint density at radius 3 is 2.32 bits per heavy atom. The third-order valence-corrected chi connectivity index (χ3v) is 3.86. The Balaban J connectivity index is 2.49. The Morgan fingerprint density at radius 1 is 1.00 bits per heavy atom. The van der Waals surface area contributed by atoms with Crippen molar-refractivity contribution in [3.05, 3.63) is 67.6 Å². The minimum absolute atomic E-state index is 0.0892. The van der Waals surface area contributed by atoms with E-state index in [9.17, 15) is 8.78 Å². The molecule has 0 saturated carbocycles. The fourth-order valence-corrected chi connectivity index (χ4v) is 2.84. The second-order valence-electron chi connectivity index (χ2n) is 4.33. The molecule has 0 fully saturated rings. The average molecular weight is 391 g/mol. The highest BCUT2D eigenvalue weighted by molar-refractivity contribution is 9.10. The van der Waals surface area contributed by atoms with E-state index in [4.69, 9.17) is 5.73 Å². The van der Waals surface area contributed by atoms with Crippen molar-refractivity contribution in [1.82, 2.24) is 0 Å². The first-order valence-corrected chi connectivity index (χ1v) is 7.14. The van der Waals surface area contributed by atoms with Gasteiger partial charge in [-0.1, -0.05) is 22.0 Å². The number of hydrogen-bond acceptors (Lipinski definition) is 1. The first-order valence-electron chi connectivity index (χ1n) is 5.55. The Kier molecular flexibility index (Phi) is 4.38. The molecule has 1 atom stereocenters. The van der Waals surface area contributed by atoms with Gasteiger partial charge in [0.1, 0.15) is 11.6 Å². The minimum Gasteiger partial charge on any atom is -0.320 e. The van der Waals surface area contributed by atoms with Crippen molar-refractivity contribution in [1.29, 1.82) is 0 Å². The summed E-state index contributed by atoms with van der Waals surface area (Å²) in [6.45, 7) is 1.92. The molecule has 2 aromatic carbocycles. The molecule has 1 nitrogen and oxygen atoms in total. The fourth-order valence-electron chi connectivity index (χ4n) is 1.90. The molecule has 0 aliphatic heterocycles. The van der Waals surface area contributed by atoms with E-state index in [1.165, 1.54) is 0 Å². The minimum atomic E-state index is -0.709. The Hall–Kier alpha value is -0.780. The predicted octanol–water partition coefficient (Wildman–Crippen LogP) is 4.85. The molecule has 0 heterocycles. The lowest BCUT2D eigenvalue weighted by Crippen LogP contribution is -2.14. The van der Waals surface area contributed by atoms with Gasteiger partial charge in [-0.2, -0.15) is 0 Å². The fraction of sp³-hybridized carbons (Fsp3) is 0.143. The summed E-state index contributed by atoms with van der Waals surface area (Å²) in [5, 5.41) is 0. The van der Waals surface area contributed by atoms with Gasteiger partial charge in [0.15, 0.2) is 0 Å². The van der Waals surface area contributed by atoms with Gasteiger partial charge >= 0.3 is 0 Å². The van der Waals surface area contributed by atoms with Gasteiger partial charge in [0, 0.05) is 10.0 Å². The summed E-state index contributed by atoms with van der Waals surface area (Å²) >= 11 is 6.31. The van der Waals surface area contributed by atoms with Gasteiger partial charge in [-0.05, 0) is 58.2 Å². The van der Waals surface area contributed by atoms with Crippen molar-refractivity contribution in [3.8, 4) is 0 Å². The molecule has 2 aromatic rings. The van der Waals surface area contributed by atoms with Crippen molar-refractivity contribution in [2.24, 2.45) is 5.73 Å². The van der Waals surface area contributed by atoms with Crippen LogP contribution in [0.3, 0.4) is 0 Å². The summed E-state index contributed by atoms with van der Waals surface area (Å²) < 4.78 is 28.3. The Bertz CT molecular complexity index is 609. The van der Waals surface area contributed by atoms with Crippen LogP contribution in [-0.2, 0) is 0 Å². The lowest BCUT2D eigenvalue weighted by molar-refractivity contribution is 0.572. The van der Waals surface area contributed by atoms with Crippen LogP contribution in [0.5, 0.6) is 0 Å². The predicted molar refractivity (Wildman–Crippen MR) is 79.0 cm³/mol. The molecule has 2 N–H and O–H groups in total. The molecule has 2 rings (SSSR count). The first kappa shape index (κ1) is 14.6. The van der Waals surface area contributed by atoms with E-state index in [0.29, 0.717) is 0 Å². The van der Waals surface area contributed by atoms with Gasteiger partial charge in [-0.25, -0.2) is 8.78 Å². The Morgan fingerprint density at radius 2 is 1.68 bits per heavy atom. The summed E-state index contributed by atoms with van der Waals surface area (Å²) in [6, 6.07) is 7.09. The highest BCUT2D eigenvalue weighted by Crippen LogP contribution is 2.28. The van der Waals surface area contributed by atoms with E-state index in [2.05, 4.69) is 31.9 Å². The highest BCUT2D eigenvalue weighted by atomic mass is 79.9. The summed E-state index contributed by atoms with van der Waals surface area (Å²) in [4.78, 5) is 0. The zero-order valence-electron chi connectivity index (χ0n) is 10.1. The molecule has 100 valence electrons. The summed E-state index contributed by atoms with van der Waals surface area (Å²) in [5.74, 6) is -1.06. The number of rotatable bonds is 2. The van der Waals surface area contributed by atoms with Crippen LogP contribution in [0.2, 0.25) is 0 Å². The third kappa shape index (κ3) is 3.22. The summed E-state index contributed by atoms with van der Waals surface area (Å²) in [6.07, 6.45) is 0. The molecule has 1 unspecified atom stereocenters. The van der Waals surface area contributed by atoms with Gasteiger partial charge < -0.3 is 5.73 Å². The van der Waals surface area contributed by atoms with E-state index in [0.717, 1.165) is 27.7 Å². The van der Waals surface area contributed by atoms with Gasteiger partial charge in [0.25, 0.3) is 0 Å². The van der Waals surface area contributed by atoms with Crippen LogP contribution in [0, 0.1) is 18.6 Å². The topological polar surface area (TPSA) is 26.0 Å². The molecule has 0 saturated heterocycles. The number of nitrogens with two attached hydrogens (primary N) is 1. The third-order valence-electron chi connectivity index (χ3n) is 2.80. The average Bonchev–Trinajstić information content (AvgIpc) is 2.31. The SMILES string of the molecule is Cc1cc(Br)cc(C(N)c2cc(F)c(Br)cc2F)c1. The van der Waals surface area contributed by atoms with E-state index in [1.54, 1.807) is 6.07 Å². The van der Waals surface area contributed by atoms with Crippen LogP contribution in [0.1, 0.15) is 22.7 Å². The molecule has 0 bridgehead atoms. The van der Waals surface area contributed by atoms with E-state index < -0.39 is 17.7 Å². The molecule has 0 radical (unpaired) electrons. The van der Waals surface area contributed by atoms with Crippen molar-refractivity contribution >= 4 is 31.9 Å². The summed E-state index contributed by atoms with van der Waals surface area (Å²) in [5.41, 5.74) is 7.90. The standard InChI is InChI=1S/C14H11Br2F2N/c1-7-2-8(4-9(15)3-7)14(19)10-5-13(18)11(16)6-12(10)17/h2-6,14H,19H2,1H3. The molecule has 0 spiro atoms. The monoisotopic (exact) mass is 389 g/mol. The lowest BCUT2D eigenvalue weighted by Gasteiger charge is -2.15. The van der Waals surface area contributed by atoms with Gasteiger partial charge in [-0.3, -0.25) is 0 Å². The van der Waals surface area contributed by atoms with Crippen LogP contribution in [0.4, 0.5) is 8.78 Å². The molecule has 19 heavy (non-hydrogen) atoms. The van der Waals surface area contributed by atoms with Gasteiger partial charge in [0.05, 0.1) is 10.5 Å². The number of halogens is 4. The second-order valence-corrected chi connectivity index (χ2v) is 6.10. The molecule has 0 aliphatic rings. The maximum atomic E-state index is 13.9. The highest BCUT2D eigenvalue weighted by Gasteiger charge is 2.17. The molecule has 0 amide bonds. The van der Waals surface area contributed by atoms with Crippen molar-refractivity contribution in [3.63, 3.8) is 0 Å². The van der Waals surface area contributed by atoms with E-state index in [1.807, 2.05) is 19.1 Å². The number of aryl methyl sites for hydroxylation is 1. The summed E-state index contributed by atoms with van der Waals surface area (Å²) in [7, 11) is 0. The zero-order valence-corrected chi connectivity index (χ0v) is 13.2. The smallest absolute Gasteiger partial charge is 0.137 e. The van der Waals surface area contributed by atoms with E-state index >= 15 is 0 Å². The maximum Gasteiger partial charge on any atom is 0.137 e. The zero-order chi connectivity index (χ0) is 14.2. The Labute approximate surface area is 127 Å². The first-order chi connectivity index (χ1) is 8.88. The molecular weight excluding hydrogens is 380 g/mol. The lowest BCUT2D eigenvalue weighted by atomic mass is 9.98. The largest absolute Gasteiger partial charge is 0.320 e. The van der Waals surface area contributed by atoms with Crippen LogP contribution in [0.15, 0.2) is 39.3 Å². The molecular formula is C14H11Br2F2N. The van der Waals surface area contributed by atoms with Crippen molar-refractivity contribution < 1.29 is 8.78 Å². The molecule has 0 aliphatic carbocycles. The molecule has 5 heteroatoms. The quantitative estimate of drug-likeness (QED) is 0.729. The van der Waals surface area contributed by atoms with Crippen molar-refractivity contribution in [2.75, 3.05) is 0 Å². The maximum absolute atomic E-state index is 13.9. The van der Waals surface area contributed by atoms with Gasteiger partial charge in [-0.15, -0.1) is 0 Å². The van der Waals surface area contributed by atoms with Crippen LogP contribution >= 0.6 is 31.9 Å². The van der Waals surface area contributed by atoms with Crippen LogP contribution in [0.25, 0.3) is 0 Å². The van der Waals surface area contributed by atoms with Gasteiger partial charge in [0.2, 0.25) is 0 Å². The van der Waals surface area contributed by atoms with Crippen LogP contribution < -0.4 is 5.73 Å². The van der Waals surface area contributed by atoms with Crippen molar-refractivity contribution in [2.45, 2.75) is 13.0 Å². The second kappa shape index (κ2) is 5.69.